The van der Waals surface area contributed by atoms with Crippen LogP contribution in [0.15, 0.2) is 78.9 Å². The molecule has 3 aromatic rings. The molecule has 0 atom stereocenters. The number of anilines is 2. The summed E-state index contributed by atoms with van der Waals surface area (Å²) < 4.78 is 0. The first-order valence-corrected chi connectivity index (χ1v) is 10.5. The predicted octanol–water partition coefficient (Wildman–Crippen LogP) is 5.15. The Morgan fingerprint density at radius 3 is 2.32 bits per heavy atom. The molecule has 0 bridgehead atoms. The summed E-state index contributed by atoms with van der Waals surface area (Å²) in [5.74, 6) is -0.326. The normalized spacial score (nSPS) is 13.9. The Morgan fingerprint density at radius 1 is 0.903 bits per heavy atom. The number of amides is 2. The molecule has 0 radical (unpaired) electrons. The van der Waals surface area contributed by atoms with Crippen LogP contribution in [-0.2, 0) is 4.79 Å². The van der Waals surface area contributed by atoms with Crippen LogP contribution < -0.4 is 16.0 Å². The average molecular weight is 412 g/mol. The molecular weight excluding hydrogens is 386 g/mol. The van der Waals surface area contributed by atoms with Crippen LogP contribution in [0.4, 0.5) is 11.4 Å². The van der Waals surface area contributed by atoms with Crippen molar-refractivity contribution < 1.29 is 9.59 Å². The number of rotatable bonds is 7. The van der Waals surface area contributed by atoms with E-state index in [1.807, 2.05) is 60.7 Å². The Labute approximate surface area is 182 Å². The number of carbonyl (C=O) groups is 2. The van der Waals surface area contributed by atoms with Crippen molar-refractivity contribution in [2.24, 2.45) is 0 Å². The zero-order valence-electron chi connectivity index (χ0n) is 17.4. The van der Waals surface area contributed by atoms with Crippen LogP contribution in [0.5, 0.6) is 0 Å². The minimum atomic E-state index is -0.194. The van der Waals surface area contributed by atoms with Crippen LogP contribution in [0.1, 0.15) is 41.3 Å². The average Bonchev–Trinajstić information content (AvgIpc) is 3.13. The van der Waals surface area contributed by atoms with Gasteiger partial charge < -0.3 is 16.0 Å². The van der Waals surface area contributed by atoms with E-state index in [0.29, 0.717) is 29.1 Å². The Bertz CT molecular complexity index is 1120. The summed E-state index contributed by atoms with van der Waals surface area (Å²) >= 11 is 0. The number of benzene rings is 3. The van der Waals surface area contributed by atoms with E-state index in [-0.39, 0.29) is 11.8 Å². The van der Waals surface area contributed by atoms with Crippen molar-refractivity contribution >= 4 is 34.5 Å². The molecule has 3 N–H and O–H groups in total. The molecule has 4 rings (SSSR count). The van der Waals surface area contributed by atoms with Gasteiger partial charge in [-0.25, -0.2) is 0 Å². The molecule has 0 spiro atoms. The fourth-order valence-corrected chi connectivity index (χ4v) is 3.59. The molecule has 5 heteroatoms. The van der Waals surface area contributed by atoms with Gasteiger partial charge >= 0.3 is 0 Å². The van der Waals surface area contributed by atoms with Crippen molar-refractivity contribution in [3.63, 3.8) is 0 Å². The third-order valence-corrected chi connectivity index (χ3v) is 5.20. The zero-order chi connectivity index (χ0) is 21.6. The quantitative estimate of drug-likeness (QED) is 0.372. The molecule has 31 heavy (non-hydrogen) atoms. The van der Waals surface area contributed by atoms with Gasteiger partial charge in [-0.05, 0) is 42.3 Å². The molecule has 5 nitrogen and oxygen atoms in total. The van der Waals surface area contributed by atoms with Crippen molar-refractivity contribution in [2.75, 3.05) is 17.2 Å². The number of unbranched alkanes of at least 4 members (excludes halogenated alkanes) is 1. The number of nitrogens with one attached hydrogen (secondary N) is 3. The highest BCUT2D eigenvalue weighted by Gasteiger charge is 2.29. The Balaban J connectivity index is 1.79. The first kappa shape index (κ1) is 20.4. The molecule has 1 aliphatic rings. The molecule has 2 amide bonds. The first-order chi connectivity index (χ1) is 15.2. The van der Waals surface area contributed by atoms with Gasteiger partial charge in [-0.1, -0.05) is 61.9 Å². The topological polar surface area (TPSA) is 70.2 Å². The second kappa shape index (κ2) is 9.30. The first-order valence-electron chi connectivity index (χ1n) is 10.5. The van der Waals surface area contributed by atoms with Crippen LogP contribution in [0.2, 0.25) is 0 Å². The molecule has 0 aliphatic carbocycles. The maximum Gasteiger partial charge on any atom is 0.258 e. The number of hydrogen-bond donors (Lipinski definition) is 3. The van der Waals surface area contributed by atoms with Crippen LogP contribution in [0.3, 0.4) is 0 Å². The molecule has 0 saturated heterocycles. The molecule has 3 aromatic carbocycles. The van der Waals surface area contributed by atoms with Gasteiger partial charge in [0, 0.05) is 29.0 Å². The van der Waals surface area contributed by atoms with E-state index >= 15 is 0 Å². The zero-order valence-corrected chi connectivity index (χ0v) is 17.4. The van der Waals surface area contributed by atoms with Gasteiger partial charge in [-0.3, -0.25) is 9.59 Å². The standard InChI is InChI=1S/C26H25N3O2/c1-2-3-16-27-25(30)19-14-15-22-21(17-19)23(26(31)29-22)24(18-10-6-4-7-11-18)28-20-12-8-5-9-13-20/h4-15,17,28H,2-3,16H2,1H3,(H,27,30)(H,29,31)/b24-23-. The van der Waals surface area contributed by atoms with Gasteiger partial charge in [-0.15, -0.1) is 0 Å². The third-order valence-electron chi connectivity index (χ3n) is 5.20. The van der Waals surface area contributed by atoms with Crippen molar-refractivity contribution in [1.29, 1.82) is 0 Å². The van der Waals surface area contributed by atoms with E-state index in [1.165, 1.54) is 0 Å². The highest BCUT2D eigenvalue weighted by Crippen LogP contribution is 2.38. The van der Waals surface area contributed by atoms with E-state index in [9.17, 15) is 9.59 Å². The molecule has 1 heterocycles. The van der Waals surface area contributed by atoms with Gasteiger partial charge in [-0.2, -0.15) is 0 Å². The summed E-state index contributed by atoms with van der Waals surface area (Å²) in [5, 5.41) is 9.29. The van der Waals surface area contributed by atoms with E-state index in [4.69, 9.17) is 0 Å². The molecule has 0 aromatic heterocycles. The molecular formula is C26H25N3O2. The smallest absolute Gasteiger partial charge is 0.258 e. The van der Waals surface area contributed by atoms with Gasteiger partial charge in [0.15, 0.2) is 0 Å². The van der Waals surface area contributed by atoms with Gasteiger partial charge in [0.1, 0.15) is 0 Å². The highest BCUT2D eigenvalue weighted by atomic mass is 16.2. The van der Waals surface area contributed by atoms with Crippen LogP contribution >= 0.6 is 0 Å². The van der Waals surface area contributed by atoms with Crippen molar-refractivity contribution in [2.45, 2.75) is 19.8 Å². The summed E-state index contributed by atoms with van der Waals surface area (Å²) in [4.78, 5) is 25.6. The lowest BCUT2D eigenvalue weighted by Gasteiger charge is -2.15. The SMILES string of the molecule is CCCCNC(=O)c1ccc2c(c1)/C(=C(/Nc1ccccc1)c1ccccc1)C(=O)N2. The summed E-state index contributed by atoms with van der Waals surface area (Å²) in [5.41, 5.74) is 4.95. The van der Waals surface area contributed by atoms with Gasteiger partial charge in [0.25, 0.3) is 11.8 Å². The summed E-state index contributed by atoms with van der Waals surface area (Å²) in [6.45, 7) is 2.72. The Hall–Kier alpha value is -3.86. The maximum atomic E-state index is 13.0. The Kier molecular flexibility index (Phi) is 6.13. The number of para-hydroxylation sites is 1. The van der Waals surface area contributed by atoms with Crippen molar-refractivity contribution in [3.05, 3.63) is 95.6 Å². The fourth-order valence-electron chi connectivity index (χ4n) is 3.59. The minimum Gasteiger partial charge on any atom is -0.354 e. The monoisotopic (exact) mass is 411 g/mol. The lowest BCUT2D eigenvalue weighted by Crippen LogP contribution is -2.24. The third kappa shape index (κ3) is 4.51. The maximum absolute atomic E-state index is 13.0. The largest absolute Gasteiger partial charge is 0.354 e. The molecule has 0 fully saturated rings. The molecule has 1 aliphatic heterocycles. The predicted molar refractivity (Wildman–Crippen MR) is 126 cm³/mol. The second-order valence-electron chi connectivity index (χ2n) is 7.43. The number of carbonyl (C=O) groups excluding carboxylic acids is 2. The highest BCUT2D eigenvalue weighted by molar-refractivity contribution is 6.37. The molecule has 156 valence electrons. The molecule has 0 unspecified atom stereocenters. The summed E-state index contributed by atoms with van der Waals surface area (Å²) in [6.07, 6.45) is 1.95. The van der Waals surface area contributed by atoms with Gasteiger partial charge in [0.2, 0.25) is 0 Å². The summed E-state index contributed by atoms with van der Waals surface area (Å²) in [6, 6.07) is 24.8. The van der Waals surface area contributed by atoms with E-state index in [0.717, 1.165) is 29.7 Å². The van der Waals surface area contributed by atoms with E-state index in [1.54, 1.807) is 18.2 Å². The van der Waals surface area contributed by atoms with Crippen LogP contribution in [-0.4, -0.2) is 18.4 Å². The molecule has 0 saturated carbocycles. The van der Waals surface area contributed by atoms with Crippen LogP contribution in [0, 0.1) is 0 Å². The van der Waals surface area contributed by atoms with E-state index < -0.39 is 0 Å². The lowest BCUT2D eigenvalue weighted by molar-refractivity contribution is -0.110. The van der Waals surface area contributed by atoms with Crippen molar-refractivity contribution in [3.8, 4) is 0 Å². The fraction of sp³-hybridized carbons (Fsp3) is 0.154. The lowest BCUT2D eigenvalue weighted by atomic mass is 9.98. The summed E-state index contributed by atoms with van der Waals surface area (Å²) in [7, 11) is 0. The van der Waals surface area contributed by atoms with E-state index in [2.05, 4.69) is 22.9 Å². The second-order valence-corrected chi connectivity index (χ2v) is 7.43. The Morgan fingerprint density at radius 2 is 1.61 bits per heavy atom. The minimum absolute atomic E-state index is 0.132. The van der Waals surface area contributed by atoms with Crippen LogP contribution in [0.25, 0.3) is 11.3 Å². The van der Waals surface area contributed by atoms with Gasteiger partial charge in [0.05, 0.1) is 11.3 Å². The van der Waals surface area contributed by atoms with Crippen molar-refractivity contribution in [1.82, 2.24) is 5.32 Å². The number of fused-ring (bicyclic) bond motifs is 1. The number of hydrogen-bond acceptors (Lipinski definition) is 3.